The van der Waals surface area contributed by atoms with Crippen molar-refractivity contribution in [1.29, 1.82) is 0 Å². The van der Waals surface area contributed by atoms with Crippen LogP contribution in [0.3, 0.4) is 0 Å². The van der Waals surface area contributed by atoms with Gasteiger partial charge < -0.3 is 9.84 Å². The predicted molar refractivity (Wildman–Crippen MR) is 82.8 cm³/mol. The summed E-state index contributed by atoms with van der Waals surface area (Å²) in [7, 11) is 1.58. The van der Waals surface area contributed by atoms with E-state index in [1.165, 1.54) is 9.36 Å². The highest BCUT2D eigenvalue weighted by atomic mass is 32.1. The second kappa shape index (κ2) is 6.39. The molecule has 3 rings (SSSR count). The second-order valence-electron chi connectivity index (χ2n) is 4.95. The summed E-state index contributed by atoms with van der Waals surface area (Å²) < 4.78 is 8.23. The Morgan fingerprint density at radius 1 is 1.41 bits per heavy atom. The van der Waals surface area contributed by atoms with E-state index in [2.05, 4.69) is 10.2 Å². The topological polar surface area (TPSA) is 82.2 Å². The van der Waals surface area contributed by atoms with Gasteiger partial charge >= 0.3 is 0 Å². The first kappa shape index (κ1) is 14.9. The van der Waals surface area contributed by atoms with Crippen molar-refractivity contribution in [2.24, 2.45) is 7.05 Å². The molecule has 0 radical (unpaired) electrons. The highest BCUT2D eigenvalue weighted by Crippen LogP contribution is 2.11. The maximum absolute atomic E-state index is 12.1. The summed E-state index contributed by atoms with van der Waals surface area (Å²) in [5.74, 6) is 0. The lowest BCUT2D eigenvalue weighted by molar-refractivity contribution is 0.0202. The molecule has 0 spiro atoms. The highest BCUT2D eigenvalue weighted by Gasteiger charge is 2.13. The average Bonchev–Trinajstić information content (AvgIpc) is 3.13. The molecule has 0 saturated carbocycles. The molecular weight excluding hydrogens is 304 g/mol. The molecule has 0 saturated heterocycles. The normalized spacial score (nSPS) is 12.8. The summed E-state index contributed by atoms with van der Waals surface area (Å²) in [6.07, 6.45) is 2.42. The molecule has 0 bridgehead atoms. The Labute approximate surface area is 130 Å². The molecule has 116 valence electrons. The van der Waals surface area contributed by atoms with E-state index >= 15 is 0 Å². The van der Waals surface area contributed by atoms with Crippen molar-refractivity contribution in [1.82, 2.24) is 19.6 Å². The van der Waals surface area contributed by atoms with Gasteiger partial charge in [0, 0.05) is 17.3 Å². The van der Waals surface area contributed by atoms with E-state index in [-0.39, 0.29) is 18.7 Å². The minimum atomic E-state index is -0.735. The summed E-state index contributed by atoms with van der Waals surface area (Å²) in [5.41, 5.74) is 0.205. The Kier molecular flexibility index (Phi) is 4.32. The molecule has 8 heteroatoms. The van der Waals surface area contributed by atoms with Crippen molar-refractivity contribution in [3.8, 4) is 0 Å². The van der Waals surface area contributed by atoms with Crippen LogP contribution in [0.15, 0.2) is 34.7 Å². The zero-order chi connectivity index (χ0) is 15.5. The fraction of sp³-hybridized carbons (Fsp3) is 0.357. The molecular formula is C14H16N4O3S. The van der Waals surface area contributed by atoms with Crippen LogP contribution >= 0.6 is 11.3 Å². The Morgan fingerprint density at radius 2 is 2.23 bits per heavy atom. The fourth-order valence-corrected chi connectivity index (χ4v) is 2.80. The van der Waals surface area contributed by atoms with Crippen molar-refractivity contribution < 1.29 is 9.84 Å². The molecule has 1 unspecified atom stereocenters. The Morgan fingerprint density at radius 3 is 3.00 bits per heavy atom. The Bertz CT molecular complexity index is 809. The lowest BCUT2D eigenvalue weighted by atomic mass is 10.3. The van der Waals surface area contributed by atoms with E-state index in [0.29, 0.717) is 17.5 Å². The van der Waals surface area contributed by atoms with Gasteiger partial charge in [-0.15, -0.1) is 11.3 Å². The van der Waals surface area contributed by atoms with Gasteiger partial charge in [0.15, 0.2) is 0 Å². The summed E-state index contributed by atoms with van der Waals surface area (Å²) in [5, 5.41) is 20.8. The standard InChI is InChI=1S/C14H16N4O3S/c1-17-14(20)13-10(5-15-17)6-16-18(13)7-11(19)8-21-9-12-3-2-4-22-12/h2-6,11,19H,7-9H2,1H3. The SMILES string of the molecule is Cn1ncc2cnn(CC(O)COCc3cccs3)c2c1=O. The number of aliphatic hydroxyl groups excluding tert-OH is 1. The molecule has 0 aliphatic carbocycles. The molecule has 1 atom stereocenters. The summed E-state index contributed by atoms with van der Waals surface area (Å²) >= 11 is 1.61. The molecule has 22 heavy (non-hydrogen) atoms. The van der Waals surface area contributed by atoms with Gasteiger partial charge in [-0.05, 0) is 11.4 Å². The molecule has 3 aromatic rings. The summed E-state index contributed by atoms with van der Waals surface area (Å²) in [4.78, 5) is 13.2. The molecule has 3 aromatic heterocycles. The molecule has 0 aromatic carbocycles. The van der Waals surface area contributed by atoms with Crippen LogP contribution in [-0.2, 0) is 24.9 Å². The summed E-state index contributed by atoms with van der Waals surface area (Å²) in [6, 6.07) is 3.94. The molecule has 0 fully saturated rings. The molecule has 0 amide bonds. The van der Waals surface area contributed by atoms with Gasteiger partial charge in [-0.25, -0.2) is 4.68 Å². The van der Waals surface area contributed by atoms with Gasteiger partial charge in [-0.2, -0.15) is 10.2 Å². The Hall–Kier alpha value is -2.03. The number of nitrogens with zero attached hydrogens (tertiary/aromatic N) is 4. The van der Waals surface area contributed by atoms with Crippen LogP contribution in [-0.4, -0.2) is 37.4 Å². The van der Waals surface area contributed by atoms with Crippen molar-refractivity contribution >= 4 is 22.2 Å². The first-order valence-corrected chi connectivity index (χ1v) is 7.69. The van der Waals surface area contributed by atoms with Crippen LogP contribution in [0.5, 0.6) is 0 Å². The smallest absolute Gasteiger partial charge is 0.292 e. The quantitative estimate of drug-likeness (QED) is 0.725. The second-order valence-corrected chi connectivity index (χ2v) is 5.98. The van der Waals surface area contributed by atoms with Crippen LogP contribution in [0.25, 0.3) is 10.9 Å². The van der Waals surface area contributed by atoms with E-state index < -0.39 is 6.10 Å². The Balaban J connectivity index is 1.65. The predicted octanol–water partition coefficient (Wildman–Crippen LogP) is 0.769. The first-order chi connectivity index (χ1) is 10.6. The zero-order valence-corrected chi connectivity index (χ0v) is 12.9. The average molecular weight is 320 g/mol. The largest absolute Gasteiger partial charge is 0.389 e. The highest BCUT2D eigenvalue weighted by molar-refractivity contribution is 7.09. The van der Waals surface area contributed by atoms with Crippen LogP contribution in [0.4, 0.5) is 0 Å². The fourth-order valence-electron chi connectivity index (χ4n) is 2.16. The van der Waals surface area contributed by atoms with Crippen LogP contribution in [0.2, 0.25) is 0 Å². The van der Waals surface area contributed by atoms with Gasteiger partial charge in [0.2, 0.25) is 0 Å². The lowest BCUT2D eigenvalue weighted by Gasteiger charge is -2.11. The van der Waals surface area contributed by atoms with Crippen LogP contribution in [0.1, 0.15) is 4.88 Å². The van der Waals surface area contributed by atoms with Gasteiger partial charge in [-0.1, -0.05) is 6.07 Å². The molecule has 0 aliphatic heterocycles. The third-order valence-corrected chi connectivity index (χ3v) is 4.10. The van der Waals surface area contributed by atoms with Crippen molar-refractivity contribution in [3.63, 3.8) is 0 Å². The molecule has 0 aliphatic rings. The van der Waals surface area contributed by atoms with E-state index in [1.54, 1.807) is 30.8 Å². The minimum Gasteiger partial charge on any atom is -0.389 e. The monoisotopic (exact) mass is 320 g/mol. The van der Waals surface area contributed by atoms with Crippen molar-refractivity contribution in [2.75, 3.05) is 6.61 Å². The van der Waals surface area contributed by atoms with E-state index in [0.717, 1.165) is 4.88 Å². The lowest BCUT2D eigenvalue weighted by Crippen LogP contribution is -2.26. The minimum absolute atomic E-state index is 0.185. The van der Waals surface area contributed by atoms with Gasteiger partial charge in [0.1, 0.15) is 5.52 Å². The summed E-state index contributed by atoms with van der Waals surface area (Å²) in [6.45, 7) is 0.859. The van der Waals surface area contributed by atoms with Crippen molar-refractivity contribution in [2.45, 2.75) is 19.3 Å². The van der Waals surface area contributed by atoms with Gasteiger partial charge in [0.05, 0.1) is 38.3 Å². The van der Waals surface area contributed by atoms with E-state index in [9.17, 15) is 9.90 Å². The number of fused-ring (bicyclic) bond motifs is 1. The molecule has 3 heterocycles. The third-order valence-electron chi connectivity index (χ3n) is 3.25. The maximum atomic E-state index is 12.1. The third kappa shape index (κ3) is 3.08. The zero-order valence-electron chi connectivity index (χ0n) is 12.0. The molecule has 7 nitrogen and oxygen atoms in total. The number of thiophene rings is 1. The number of aromatic nitrogens is 4. The van der Waals surface area contributed by atoms with Crippen molar-refractivity contribution in [3.05, 3.63) is 45.1 Å². The number of rotatable bonds is 6. The van der Waals surface area contributed by atoms with Gasteiger partial charge in [-0.3, -0.25) is 9.48 Å². The van der Waals surface area contributed by atoms with Gasteiger partial charge in [0.25, 0.3) is 5.56 Å². The van der Waals surface area contributed by atoms with E-state index in [4.69, 9.17) is 4.74 Å². The number of aryl methyl sites for hydroxylation is 1. The van der Waals surface area contributed by atoms with Crippen LogP contribution in [0, 0.1) is 0 Å². The number of hydrogen-bond acceptors (Lipinski definition) is 6. The number of hydrogen-bond donors (Lipinski definition) is 1. The number of aliphatic hydroxyl groups is 1. The van der Waals surface area contributed by atoms with E-state index in [1.807, 2.05) is 17.5 Å². The first-order valence-electron chi connectivity index (χ1n) is 6.81. The van der Waals surface area contributed by atoms with Crippen LogP contribution < -0.4 is 5.56 Å². The maximum Gasteiger partial charge on any atom is 0.292 e. The number of ether oxygens (including phenoxy) is 1. The molecule has 1 N–H and O–H groups in total.